The Hall–Kier alpha value is -2.51. The van der Waals surface area contributed by atoms with Crippen molar-refractivity contribution in [3.8, 4) is 17.2 Å². The summed E-state index contributed by atoms with van der Waals surface area (Å²) in [5.41, 5.74) is 1.11. The van der Waals surface area contributed by atoms with E-state index in [0.29, 0.717) is 15.7 Å². The van der Waals surface area contributed by atoms with Gasteiger partial charge in [-0.1, -0.05) is 29.4 Å². The molecule has 0 aliphatic heterocycles. The lowest BCUT2D eigenvalue weighted by Crippen LogP contribution is -2.04. The zero-order valence-corrected chi connectivity index (χ0v) is 13.8. The Labute approximate surface area is 146 Å². The van der Waals surface area contributed by atoms with Crippen molar-refractivity contribution in [2.75, 3.05) is 5.75 Å². The van der Waals surface area contributed by atoms with Gasteiger partial charge in [-0.05, 0) is 36.4 Å². The molecule has 0 atom stereocenters. The maximum Gasteiger partial charge on any atom is 0.196 e. The van der Waals surface area contributed by atoms with Crippen LogP contribution in [0.4, 0.5) is 0 Å². The molecule has 3 aromatic rings. The summed E-state index contributed by atoms with van der Waals surface area (Å²) in [4.78, 5) is 12.2. The zero-order valence-electron chi connectivity index (χ0n) is 12.3. The first kappa shape index (κ1) is 16.4. The molecule has 0 spiro atoms. The van der Waals surface area contributed by atoms with Crippen LogP contribution in [-0.4, -0.2) is 36.5 Å². The second-order valence-corrected chi connectivity index (χ2v) is 6.26. The van der Waals surface area contributed by atoms with E-state index < -0.39 is 0 Å². The van der Waals surface area contributed by atoms with Gasteiger partial charge in [0.15, 0.2) is 22.4 Å². The molecule has 2 N–H and O–H groups in total. The maximum absolute atomic E-state index is 12.2. The summed E-state index contributed by atoms with van der Waals surface area (Å²) in [6.45, 7) is 0. The summed E-state index contributed by atoms with van der Waals surface area (Å²) in [7, 11) is 0. The third kappa shape index (κ3) is 3.52. The zero-order chi connectivity index (χ0) is 17.1. The van der Waals surface area contributed by atoms with Gasteiger partial charge in [0.2, 0.25) is 0 Å². The van der Waals surface area contributed by atoms with Crippen LogP contribution in [0.3, 0.4) is 0 Å². The number of phenols is 2. The Kier molecular flexibility index (Phi) is 4.73. The lowest BCUT2D eigenvalue weighted by atomic mass is 10.1. The average molecular weight is 362 g/mol. The highest BCUT2D eigenvalue weighted by Gasteiger charge is 2.13. The normalized spacial score (nSPS) is 10.7. The van der Waals surface area contributed by atoms with Crippen molar-refractivity contribution >= 4 is 29.1 Å². The van der Waals surface area contributed by atoms with E-state index in [1.54, 1.807) is 23.0 Å². The first-order chi connectivity index (χ1) is 11.5. The Morgan fingerprint density at radius 1 is 1.17 bits per heavy atom. The van der Waals surface area contributed by atoms with Crippen LogP contribution in [0.1, 0.15) is 10.4 Å². The molecule has 0 aliphatic carbocycles. The van der Waals surface area contributed by atoms with Crippen molar-refractivity contribution < 1.29 is 15.0 Å². The molecule has 24 heavy (non-hydrogen) atoms. The Bertz CT molecular complexity index is 898. The fourth-order valence-electron chi connectivity index (χ4n) is 2.04. The molecule has 3 rings (SSSR count). The second-order valence-electron chi connectivity index (χ2n) is 4.88. The molecule has 0 unspecified atom stereocenters. The number of ketones is 1. The van der Waals surface area contributed by atoms with Gasteiger partial charge in [0, 0.05) is 10.6 Å². The smallest absolute Gasteiger partial charge is 0.196 e. The number of nitrogens with zero attached hydrogens (tertiary/aromatic N) is 3. The fraction of sp³-hybridized carbons (Fsp3) is 0.0625. The van der Waals surface area contributed by atoms with Gasteiger partial charge in [0.1, 0.15) is 6.33 Å². The van der Waals surface area contributed by atoms with E-state index in [2.05, 4.69) is 10.2 Å². The summed E-state index contributed by atoms with van der Waals surface area (Å²) in [5, 5.41) is 27.8. The minimum atomic E-state index is -0.326. The van der Waals surface area contributed by atoms with Crippen molar-refractivity contribution in [1.82, 2.24) is 14.8 Å². The minimum Gasteiger partial charge on any atom is -0.504 e. The Morgan fingerprint density at radius 3 is 2.75 bits per heavy atom. The predicted molar refractivity (Wildman–Crippen MR) is 91.2 cm³/mol. The van der Waals surface area contributed by atoms with E-state index in [1.807, 2.05) is 12.1 Å². The quantitative estimate of drug-likeness (QED) is 0.412. The van der Waals surface area contributed by atoms with Crippen molar-refractivity contribution in [2.24, 2.45) is 0 Å². The monoisotopic (exact) mass is 361 g/mol. The summed E-state index contributed by atoms with van der Waals surface area (Å²) in [5.74, 6) is -0.674. The molecule has 0 saturated heterocycles. The van der Waals surface area contributed by atoms with Gasteiger partial charge in [0.25, 0.3) is 0 Å². The number of carbonyl (C=O) groups excluding carboxylic acids is 1. The number of hydrogen-bond acceptors (Lipinski definition) is 6. The van der Waals surface area contributed by atoms with Crippen LogP contribution in [0.5, 0.6) is 11.5 Å². The average Bonchev–Trinajstić information content (AvgIpc) is 3.03. The van der Waals surface area contributed by atoms with E-state index in [1.165, 1.54) is 30.0 Å². The number of Topliss-reactive ketones (excluding diaryl/α,β-unsaturated/α-hetero) is 1. The minimum absolute atomic E-state index is 0.115. The van der Waals surface area contributed by atoms with E-state index in [0.717, 1.165) is 5.69 Å². The van der Waals surface area contributed by atoms with E-state index in [-0.39, 0.29) is 23.0 Å². The van der Waals surface area contributed by atoms with Crippen LogP contribution in [-0.2, 0) is 0 Å². The van der Waals surface area contributed by atoms with Crippen LogP contribution in [0.25, 0.3) is 5.69 Å². The van der Waals surface area contributed by atoms with Crippen molar-refractivity contribution in [3.63, 3.8) is 0 Å². The highest BCUT2D eigenvalue weighted by molar-refractivity contribution is 7.99. The number of benzene rings is 2. The fourth-order valence-corrected chi connectivity index (χ4v) is 3.04. The molecule has 2 aromatic carbocycles. The Morgan fingerprint density at radius 2 is 2.00 bits per heavy atom. The van der Waals surface area contributed by atoms with Gasteiger partial charge < -0.3 is 10.2 Å². The van der Waals surface area contributed by atoms with Crippen molar-refractivity contribution in [3.05, 3.63) is 59.4 Å². The molecule has 122 valence electrons. The van der Waals surface area contributed by atoms with Crippen LogP contribution >= 0.6 is 23.4 Å². The topological polar surface area (TPSA) is 88.2 Å². The molecule has 6 nitrogen and oxygen atoms in total. The number of rotatable bonds is 5. The molecule has 0 amide bonds. The van der Waals surface area contributed by atoms with Gasteiger partial charge in [-0.2, -0.15) is 0 Å². The largest absolute Gasteiger partial charge is 0.504 e. The van der Waals surface area contributed by atoms with Gasteiger partial charge in [0.05, 0.1) is 11.4 Å². The summed E-state index contributed by atoms with van der Waals surface area (Å²) in [6, 6.07) is 11.2. The predicted octanol–water partition coefficient (Wildman–Crippen LogP) is 3.31. The molecule has 0 fully saturated rings. The molecule has 0 aliphatic rings. The second kappa shape index (κ2) is 6.94. The van der Waals surface area contributed by atoms with Crippen LogP contribution in [0.2, 0.25) is 5.02 Å². The highest BCUT2D eigenvalue weighted by Crippen LogP contribution is 2.27. The summed E-state index contributed by atoms with van der Waals surface area (Å²) >= 11 is 7.21. The molecular weight excluding hydrogens is 350 g/mol. The first-order valence-corrected chi connectivity index (χ1v) is 8.25. The van der Waals surface area contributed by atoms with Crippen LogP contribution < -0.4 is 0 Å². The van der Waals surface area contributed by atoms with Gasteiger partial charge >= 0.3 is 0 Å². The number of carbonyl (C=O) groups is 1. The van der Waals surface area contributed by atoms with E-state index in [4.69, 9.17) is 11.6 Å². The Balaban J connectivity index is 1.75. The molecule has 0 radical (unpaired) electrons. The van der Waals surface area contributed by atoms with Crippen molar-refractivity contribution in [2.45, 2.75) is 5.16 Å². The molecule has 8 heteroatoms. The number of hydrogen-bond donors (Lipinski definition) is 2. The standard InChI is InChI=1S/C16H12ClN3O3S/c17-11-2-1-3-12(7-11)20-9-18-19-16(20)24-8-15(23)10-4-5-13(21)14(22)6-10/h1-7,9,21-22H,8H2. The van der Waals surface area contributed by atoms with Crippen LogP contribution in [0, 0.1) is 0 Å². The number of aromatic hydroxyl groups is 2. The molecule has 1 aromatic heterocycles. The molecule has 0 saturated carbocycles. The van der Waals surface area contributed by atoms with Gasteiger partial charge in [-0.3, -0.25) is 9.36 Å². The van der Waals surface area contributed by atoms with E-state index >= 15 is 0 Å². The lowest BCUT2D eigenvalue weighted by Gasteiger charge is -2.06. The third-order valence-corrected chi connectivity index (χ3v) is 4.41. The number of aromatic nitrogens is 3. The first-order valence-electron chi connectivity index (χ1n) is 6.88. The summed E-state index contributed by atoms with van der Waals surface area (Å²) < 4.78 is 1.73. The highest BCUT2D eigenvalue weighted by atomic mass is 35.5. The SMILES string of the molecule is O=C(CSc1nncn1-c1cccc(Cl)c1)c1ccc(O)c(O)c1. The van der Waals surface area contributed by atoms with Gasteiger partial charge in [-0.15, -0.1) is 10.2 Å². The van der Waals surface area contributed by atoms with Crippen LogP contribution in [0.15, 0.2) is 53.9 Å². The lowest BCUT2D eigenvalue weighted by molar-refractivity contribution is 0.102. The number of phenolic OH excluding ortho intramolecular Hbond substituents is 2. The summed E-state index contributed by atoms with van der Waals surface area (Å²) in [6.07, 6.45) is 1.55. The van der Waals surface area contributed by atoms with E-state index in [9.17, 15) is 15.0 Å². The number of halogens is 1. The maximum atomic E-state index is 12.2. The third-order valence-electron chi connectivity index (χ3n) is 3.23. The molecular formula is C16H12ClN3O3S. The van der Waals surface area contributed by atoms with Gasteiger partial charge in [-0.25, -0.2) is 0 Å². The van der Waals surface area contributed by atoms with Crippen molar-refractivity contribution in [1.29, 1.82) is 0 Å². The molecule has 0 bridgehead atoms. The molecule has 1 heterocycles. The number of thioether (sulfide) groups is 1.